The van der Waals surface area contributed by atoms with Gasteiger partial charge in [-0.15, -0.1) is 0 Å². The second-order valence-electron chi connectivity index (χ2n) is 4.75. The zero-order valence-electron chi connectivity index (χ0n) is 10.7. The molecule has 0 aromatic heterocycles. The van der Waals surface area contributed by atoms with Gasteiger partial charge >= 0.3 is 0 Å². The fourth-order valence-corrected chi connectivity index (χ4v) is 2.14. The third kappa shape index (κ3) is 4.60. The van der Waals surface area contributed by atoms with E-state index in [0.29, 0.717) is 5.92 Å². The number of hydrogen-bond acceptors (Lipinski definition) is 3. The highest BCUT2D eigenvalue weighted by molar-refractivity contribution is 7.80. The monoisotopic (exact) mass is 257 g/mol. The molecule has 17 heavy (non-hydrogen) atoms. The topological polar surface area (TPSA) is 58.4 Å². The van der Waals surface area contributed by atoms with Gasteiger partial charge in [-0.25, -0.2) is 0 Å². The fraction of sp³-hybridized carbons (Fsp3) is 0.833. The van der Waals surface area contributed by atoms with E-state index in [1.807, 2.05) is 0 Å². The van der Waals surface area contributed by atoms with Crippen molar-refractivity contribution < 1.29 is 4.79 Å². The standard InChI is InChI=1S/C12H23N3OS/c1-3-15-6-4-10(5-7-15)8-14-12(16)9(2)11(13)17/h9-10H,3-8H2,1-2H3,(H2,13,17)(H,14,16). The van der Waals surface area contributed by atoms with E-state index in [9.17, 15) is 4.79 Å². The summed E-state index contributed by atoms with van der Waals surface area (Å²) in [5.41, 5.74) is 5.45. The zero-order chi connectivity index (χ0) is 12.8. The van der Waals surface area contributed by atoms with Gasteiger partial charge in [0.15, 0.2) is 0 Å². The van der Waals surface area contributed by atoms with Crippen LogP contribution < -0.4 is 11.1 Å². The number of thiocarbonyl (C=S) groups is 1. The number of hydrogen-bond donors (Lipinski definition) is 2. The van der Waals surface area contributed by atoms with Crippen LogP contribution in [0.1, 0.15) is 26.7 Å². The first kappa shape index (κ1) is 14.4. The van der Waals surface area contributed by atoms with Crippen LogP contribution in [0.5, 0.6) is 0 Å². The van der Waals surface area contributed by atoms with Gasteiger partial charge in [0.25, 0.3) is 0 Å². The molecule has 1 saturated heterocycles. The van der Waals surface area contributed by atoms with E-state index in [2.05, 4.69) is 17.1 Å². The number of nitrogens with zero attached hydrogens (tertiary/aromatic N) is 1. The predicted octanol–water partition coefficient (Wildman–Crippen LogP) is 0.757. The molecule has 5 heteroatoms. The van der Waals surface area contributed by atoms with E-state index in [4.69, 9.17) is 18.0 Å². The van der Waals surface area contributed by atoms with Gasteiger partial charge in [0.2, 0.25) is 5.91 Å². The molecule has 0 spiro atoms. The van der Waals surface area contributed by atoms with Crippen LogP contribution in [0.25, 0.3) is 0 Å². The third-order valence-corrected chi connectivity index (χ3v) is 3.89. The molecular formula is C12H23N3OS. The van der Waals surface area contributed by atoms with Crippen LogP contribution in [0.4, 0.5) is 0 Å². The van der Waals surface area contributed by atoms with E-state index >= 15 is 0 Å². The molecule has 1 fully saturated rings. The van der Waals surface area contributed by atoms with E-state index in [0.717, 1.165) is 39.0 Å². The summed E-state index contributed by atoms with van der Waals surface area (Å²) < 4.78 is 0. The maximum atomic E-state index is 11.7. The smallest absolute Gasteiger partial charge is 0.229 e. The Kier molecular flexibility index (Phi) is 5.85. The van der Waals surface area contributed by atoms with Crippen LogP contribution >= 0.6 is 12.2 Å². The van der Waals surface area contributed by atoms with Crippen LogP contribution in [0, 0.1) is 11.8 Å². The fourth-order valence-electron chi connectivity index (χ4n) is 2.03. The van der Waals surface area contributed by atoms with Crippen LogP contribution in [0.3, 0.4) is 0 Å². The van der Waals surface area contributed by atoms with E-state index in [-0.39, 0.29) is 16.8 Å². The number of rotatable bonds is 5. The lowest BCUT2D eigenvalue weighted by Gasteiger charge is -2.31. The van der Waals surface area contributed by atoms with Crippen molar-refractivity contribution in [3.8, 4) is 0 Å². The molecule has 4 nitrogen and oxygen atoms in total. The van der Waals surface area contributed by atoms with Gasteiger partial charge in [0.1, 0.15) is 0 Å². The maximum absolute atomic E-state index is 11.7. The summed E-state index contributed by atoms with van der Waals surface area (Å²) in [4.78, 5) is 14.4. The molecule has 1 unspecified atom stereocenters. The molecule has 1 aliphatic heterocycles. The van der Waals surface area contributed by atoms with Crippen molar-refractivity contribution in [1.82, 2.24) is 10.2 Å². The first-order valence-corrected chi connectivity index (χ1v) is 6.74. The number of nitrogens with one attached hydrogen (secondary N) is 1. The van der Waals surface area contributed by atoms with Gasteiger partial charge in [0.05, 0.1) is 10.9 Å². The Morgan fingerprint density at radius 2 is 2.12 bits per heavy atom. The number of amides is 1. The Hall–Kier alpha value is -0.680. The Bertz CT molecular complexity index is 275. The van der Waals surface area contributed by atoms with Crippen molar-refractivity contribution in [2.75, 3.05) is 26.2 Å². The molecule has 1 amide bonds. The largest absolute Gasteiger partial charge is 0.393 e. The molecule has 0 aromatic carbocycles. The normalized spacial score (nSPS) is 19.9. The van der Waals surface area contributed by atoms with Gasteiger partial charge in [-0.2, -0.15) is 0 Å². The quantitative estimate of drug-likeness (QED) is 0.714. The van der Waals surface area contributed by atoms with Gasteiger partial charge in [-0.05, 0) is 45.3 Å². The van der Waals surface area contributed by atoms with Crippen LogP contribution in [0.2, 0.25) is 0 Å². The second-order valence-corrected chi connectivity index (χ2v) is 5.22. The molecule has 0 radical (unpaired) electrons. The highest BCUT2D eigenvalue weighted by Gasteiger charge is 2.20. The lowest BCUT2D eigenvalue weighted by atomic mass is 9.96. The van der Waals surface area contributed by atoms with Crippen LogP contribution in [-0.4, -0.2) is 42.0 Å². The molecular weight excluding hydrogens is 234 g/mol. The zero-order valence-corrected chi connectivity index (χ0v) is 11.6. The molecule has 0 saturated carbocycles. The van der Waals surface area contributed by atoms with E-state index < -0.39 is 0 Å². The van der Waals surface area contributed by atoms with E-state index in [1.165, 1.54) is 0 Å². The average Bonchev–Trinajstić information content (AvgIpc) is 2.35. The minimum absolute atomic E-state index is 0.0459. The summed E-state index contributed by atoms with van der Waals surface area (Å²) in [6, 6.07) is 0. The minimum atomic E-state index is -0.360. The van der Waals surface area contributed by atoms with Gasteiger partial charge in [-0.3, -0.25) is 4.79 Å². The Labute approximate surface area is 109 Å². The lowest BCUT2D eigenvalue weighted by molar-refractivity contribution is -0.122. The number of carbonyl (C=O) groups excluding carboxylic acids is 1. The number of likely N-dealkylation sites (tertiary alicyclic amines) is 1. The molecule has 98 valence electrons. The number of nitrogens with two attached hydrogens (primary N) is 1. The molecule has 0 aliphatic carbocycles. The highest BCUT2D eigenvalue weighted by Crippen LogP contribution is 2.15. The summed E-state index contributed by atoms with van der Waals surface area (Å²) in [6.07, 6.45) is 2.32. The minimum Gasteiger partial charge on any atom is -0.393 e. The molecule has 1 aliphatic rings. The first-order valence-electron chi connectivity index (χ1n) is 6.34. The van der Waals surface area contributed by atoms with Gasteiger partial charge in [0, 0.05) is 6.54 Å². The molecule has 1 atom stereocenters. The summed E-state index contributed by atoms with van der Waals surface area (Å²) in [6.45, 7) is 8.09. The first-order chi connectivity index (χ1) is 8.04. The Morgan fingerprint density at radius 3 is 2.59 bits per heavy atom. The average molecular weight is 257 g/mol. The van der Waals surface area contributed by atoms with Crippen molar-refractivity contribution >= 4 is 23.1 Å². The summed E-state index contributed by atoms with van der Waals surface area (Å²) in [5.74, 6) is 0.191. The van der Waals surface area contributed by atoms with Gasteiger partial charge < -0.3 is 16.0 Å². The maximum Gasteiger partial charge on any atom is 0.229 e. The van der Waals surface area contributed by atoms with E-state index in [1.54, 1.807) is 6.92 Å². The van der Waals surface area contributed by atoms with Crippen molar-refractivity contribution in [2.24, 2.45) is 17.6 Å². The SMILES string of the molecule is CCN1CCC(CNC(=O)C(C)C(N)=S)CC1. The molecule has 0 bridgehead atoms. The Balaban J connectivity index is 2.23. The van der Waals surface area contributed by atoms with Crippen molar-refractivity contribution in [1.29, 1.82) is 0 Å². The summed E-state index contributed by atoms with van der Waals surface area (Å²) >= 11 is 4.81. The summed E-state index contributed by atoms with van der Waals surface area (Å²) in [7, 11) is 0. The summed E-state index contributed by atoms with van der Waals surface area (Å²) in [5, 5.41) is 2.94. The molecule has 1 heterocycles. The van der Waals surface area contributed by atoms with Crippen molar-refractivity contribution in [2.45, 2.75) is 26.7 Å². The molecule has 3 N–H and O–H groups in total. The molecule has 0 aromatic rings. The third-order valence-electron chi connectivity index (χ3n) is 3.54. The number of piperidine rings is 1. The van der Waals surface area contributed by atoms with Crippen LogP contribution in [-0.2, 0) is 4.79 Å². The van der Waals surface area contributed by atoms with Gasteiger partial charge in [-0.1, -0.05) is 19.1 Å². The number of carbonyl (C=O) groups is 1. The van der Waals surface area contributed by atoms with Crippen molar-refractivity contribution in [3.63, 3.8) is 0 Å². The van der Waals surface area contributed by atoms with Crippen LogP contribution in [0.15, 0.2) is 0 Å². The second kappa shape index (κ2) is 6.91. The molecule has 1 rings (SSSR count). The van der Waals surface area contributed by atoms with Crippen molar-refractivity contribution in [3.05, 3.63) is 0 Å². The predicted molar refractivity (Wildman–Crippen MR) is 73.8 cm³/mol. The Morgan fingerprint density at radius 1 is 1.53 bits per heavy atom. The lowest BCUT2D eigenvalue weighted by Crippen LogP contribution is -2.41. The highest BCUT2D eigenvalue weighted by atomic mass is 32.1.